The molecule has 1 fully saturated rings. The van der Waals surface area contributed by atoms with E-state index in [0.29, 0.717) is 0 Å². The Morgan fingerprint density at radius 1 is 1.37 bits per heavy atom. The molecule has 1 saturated heterocycles. The zero-order valence-corrected chi connectivity index (χ0v) is 12.3. The maximum atomic E-state index is 3.48. The number of aromatic nitrogens is 1. The first-order valence-electron chi connectivity index (χ1n) is 7.48. The van der Waals surface area contributed by atoms with Crippen LogP contribution in [0.1, 0.15) is 30.2 Å². The first-order valence-corrected chi connectivity index (χ1v) is 7.48. The molecule has 1 aliphatic rings. The molecule has 2 aromatic rings. The van der Waals surface area contributed by atoms with E-state index in [0.717, 1.165) is 12.3 Å². The first-order chi connectivity index (χ1) is 9.20. The Balaban J connectivity index is 2.07. The number of hydrogen-bond donors (Lipinski definition) is 1. The van der Waals surface area contributed by atoms with Crippen molar-refractivity contribution in [3.05, 3.63) is 35.0 Å². The fraction of sp³-hybridized carbons (Fsp3) is 0.529. The first kappa shape index (κ1) is 12.7. The maximum absolute atomic E-state index is 3.48. The summed E-state index contributed by atoms with van der Waals surface area (Å²) in [6, 6.07) is 6.96. The van der Waals surface area contributed by atoms with Gasteiger partial charge in [-0.1, -0.05) is 13.0 Å². The monoisotopic (exact) mass is 256 g/mol. The Morgan fingerprint density at radius 3 is 2.89 bits per heavy atom. The van der Waals surface area contributed by atoms with Gasteiger partial charge in [0, 0.05) is 23.6 Å². The van der Waals surface area contributed by atoms with Crippen molar-refractivity contribution in [2.24, 2.45) is 13.0 Å². The Bertz CT molecular complexity index is 589. The Morgan fingerprint density at radius 2 is 2.21 bits per heavy atom. The van der Waals surface area contributed by atoms with Crippen LogP contribution in [-0.4, -0.2) is 17.7 Å². The lowest BCUT2D eigenvalue weighted by Gasteiger charge is -2.09. The lowest BCUT2D eigenvalue weighted by Crippen LogP contribution is -2.11. The molecule has 19 heavy (non-hydrogen) atoms. The number of rotatable bonds is 3. The van der Waals surface area contributed by atoms with Gasteiger partial charge in [-0.2, -0.15) is 0 Å². The van der Waals surface area contributed by atoms with Crippen molar-refractivity contribution < 1.29 is 0 Å². The molecule has 0 spiro atoms. The fourth-order valence-electron chi connectivity index (χ4n) is 3.35. The lowest BCUT2D eigenvalue weighted by atomic mass is 9.96. The number of benzene rings is 1. The second-order valence-electron chi connectivity index (χ2n) is 5.89. The van der Waals surface area contributed by atoms with E-state index in [4.69, 9.17) is 0 Å². The number of aryl methyl sites for hydroxylation is 2. The average molecular weight is 256 g/mol. The normalized spacial score (nSPS) is 19.4. The smallest absolute Gasteiger partial charge is 0.0482 e. The van der Waals surface area contributed by atoms with Gasteiger partial charge in [-0.05, 0) is 68.5 Å². The van der Waals surface area contributed by atoms with E-state index in [1.807, 2.05) is 0 Å². The van der Waals surface area contributed by atoms with Crippen LogP contribution in [0.3, 0.4) is 0 Å². The molecular weight excluding hydrogens is 232 g/mol. The Kier molecular flexibility index (Phi) is 3.36. The summed E-state index contributed by atoms with van der Waals surface area (Å²) >= 11 is 0. The van der Waals surface area contributed by atoms with Gasteiger partial charge in [-0.25, -0.2) is 0 Å². The van der Waals surface area contributed by atoms with Gasteiger partial charge >= 0.3 is 0 Å². The van der Waals surface area contributed by atoms with Gasteiger partial charge in [-0.3, -0.25) is 0 Å². The fourth-order valence-corrected chi connectivity index (χ4v) is 3.35. The zero-order valence-electron chi connectivity index (χ0n) is 12.3. The molecule has 2 heteroatoms. The molecule has 0 radical (unpaired) electrons. The minimum absolute atomic E-state index is 0.814. The molecular formula is C17H24N2. The third kappa shape index (κ3) is 2.18. The van der Waals surface area contributed by atoms with Gasteiger partial charge in [-0.15, -0.1) is 0 Å². The van der Waals surface area contributed by atoms with Crippen LogP contribution in [0.5, 0.6) is 0 Å². The second kappa shape index (κ2) is 5.01. The van der Waals surface area contributed by atoms with Crippen molar-refractivity contribution in [3.8, 4) is 0 Å². The predicted molar refractivity (Wildman–Crippen MR) is 81.7 cm³/mol. The summed E-state index contributed by atoms with van der Waals surface area (Å²) in [5.41, 5.74) is 5.84. The molecule has 1 atom stereocenters. The van der Waals surface area contributed by atoms with Crippen molar-refractivity contribution >= 4 is 10.9 Å². The van der Waals surface area contributed by atoms with Crippen molar-refractivity contribution in [3.63, 3.8) is 0 Å². The summed E-state index contributed by atoms with van der Waals surface area (Å²) in [5, 5.41) is 4.96. The highest BCUT2D eigenvalue weighted by molar-refractivity contribution is 5.86. The van der Waals surface area contributed by atoms with E-state index in [1.54, 1.807) is 5.56 Å². The van der Waals surface area contributed by atoms with Gasteiger partial charge in [0.2, 0.25) is 0 Å². The third-order valence-corrected chi connectivity index (χ3v) is 4.75. The molecule has 2 heterocycles. The molecule has 0 aliphatic carbocycles. The van der Waals surface area contributed by atoms with E-state index < -0.39 is 0 Å². The Labute approximate surface area is 115 Å². The Hall–Kier alpha value is -1.28. The van der Waals surface area contributed by atoms with E-state index in [-0.39, 0.29) is 0 Å². The van der Waals surface area contributed by atoms with Crippen LogP contribution in [0.15, 0.2) is 18.2 Å². The van der Waals surface area contributed by atoms with Crippen LogP contribution < -0.4 is 5.32 Å². The van der Waals surface area contributed by atoms with Crippen molar-refractivity contribution in [1.29, 1.82) is 0 Å². The molecule has 1 unspecified atom stereocenters. The summed E-state index contributed by atoms with van der Waals surface area (Å²) in [7, 11) is 2.19. The number of nitrogens with one attached hydrogen (secondary N) is 1. The molecule has 2 nitrogen and oxygen atoms in total. The van der Waals surface area contributed by atoms with Gasteiger partial charge < -0.3 is 9.88 Å². The summed E-state index contributed by atoms with van der Waals surface area (Å²) in [6.07, 6.45) is 3.67. The van der Waals surface area contributed by atoms with Crippen LogP contribution in [-0.2, 0) is 19.9 Å². The highest BCUT2D eigenvalue weighted by Gasteiger charge is 2.19. The van der Waals surface area contributed by atoms with E-state index in [9.17, 15) is 0 Å². The third-order valence-electron chi connectivity index (χ3n) is 4.75. The van der Waals surface area contributed by atoms with E-state index in [1.165, 1.54) is 48.1 Å². The van der Waals surface area contributed by atoms with Crippen LogP contribution in [0.25, 0.3) is 10.9 Å². The van der Waals surface area contributed by atoms with Crippen molar-refractivity contribution in [1.82, 2.24) is 9.88 Å². The molecule has 1 aromatic carbocycles. The molecule has 0 bridgehead atoms. The van der Waals surface area contributed by atoms with Crippen molar-refractivity contribution in [2.45, 2.75) is 33.1 Å². The summed E-state index contributed by atoms with van der Waals surface area (Å²) in [5.74, 6) is 0.814. The van der Waals surface area contributed by atoms with Gasteiger partial charge in [0.15, 0.2) is 0 Å². The molecule has 102 valence electrons. The summed E-state index contributed by atoms with van der Waals surface area (Å²) in [4.78, 5) is 0. The van der Waals surface area contributed by atoms with Crippen LogP contribution in [0, 0.1) is 12.8 Å². The predicted octanol–water partition coefficient (Wildman–Crippen LogP) is 3.20. The zero-order chi connectivity index (χ0) is 13.4. The van der Waals surface area contributed by atoms with Crippen LogP contribution in [0.4, 0.5) is 0 Å². The molecule has 0 saturated carbocycles. The van der Waals surface area contributed by atoms with Gasteiger partial charge in [0.1, 0.15) is 0 Å². The number of nitrogens with zero attached hydrogens (tertiary/aromatic N) is 1. The highest BCUT2D eigenvalue weighted by atomic mass is 14.9. The minimum Gasteiger partial charge on any atom is -0.348 e. The standard InChI is InChI=1S/C17H24N2/c1-4-13-5-6-17-16(9-13)15(12(2)19(17)3)10-14-7-8-18-11-14/h5-6,9,14,18H,4,7-8,10-11H2,1-3H3. The molecule has 0 amide bonds. The highest BCUT2D eigenvalue weighted by Crippen LogP contribution is 2.29. The van der Waals surface area contributed by atoms with Crippen LogP contribution in [0.2, 0.25) is 0 Å². The SMILES string of the molecule is CCc1ccc2c(c1)c(CC1CCNC1)c(C)n2C. The van der Waals surface area contributed by atoms with E-state index in [2.05, 4.69) is 49.0 Å². The topological polar surface area (TPSA) is 17.0 Å². The van der Waals surface area contributed by atoms with Gasteiger partial charge in [0.05, 0.1) is 0 Å². The second-order valence-corrected chi connectivity index (χ2v) is 5.89. The molecule has 1 N–H and O–H groups in total. The lowest BCUT2D eigenvalue weighted by molar-refractivity contribution is 0.579. The van der Waals surface area contributed by atoms with Crippen LogP contribution >= 0.6 is 0 Å². The molecule has 1 aromatic heterocycles. The quantitative estimate of drug-likeness (QED) is 0.892. The average Bonchev–Trinajstić information content (AvgIpc) is 3.02. The number of hydrogen-bond acceptors (Lipinski definition) is 1. The maximum Gasteiger partial charge on any atom is 0.0482 e. The van der Waals surface area contributed by atoms with Crippen molar-refractivity contribution in [2.75, 3.05) is 13.1 Å². The van der Waals surface area contributed by atoms with E-state index >= 15 is 0 Å². The van der Waals surface area contributed by atoms with Gasteiger partial charge in [0.25, 0.3) is 0 Å². The molecule has 1 aliphatic heterocycles. The minimum atomic E-state index is 0.814. The summed E-state index contributed by atoms with van der Waals surface area (Å²) < 4.78 is 2.35. The largest absolute Gasteiger partial charge is 0.348 e. The molecule has 3 rings (SSSR count). The number of fused-ring (bicyclic) bond motifs is 1. The summed E-state index contributed by atoms with van der Waals surface area (Å²) in [6.45, 7) is 6.87.